The van der Waals surface area contributed by atoms with Gasteiger partial charge in [0, 0.05) is 16.8 Å². The molecule has 0 saturated heterocycles. The summed E-state index contributed by atoms with van der Waals surface area (Å²) in [7, 11) is 1.37. The lowest BCUT2D eigenvalue weighted by Crippen LogP contribution is -2.11. The number of esters is 1. The van der Waals surface area contributed by atoms with E-state index in [0.717, 1.165) is 21.6 Å². The van der Waals surface area contributed by atoms with Crippen LogP contribution in [0.25, 0.3) is 11.1 Å². The van der Waals surface area contributed by atoms with Crippen molar-refractivity contribution in [1.29, 1.82) is 0 Å². The molecular weight excluding hydrogens is 356 g/mol. The first-order chi connectivity index (χ1) is 12.0. The van der Waals surface area contributed by atoms with E-state index in [0.29, 0.717) is 15.4 Å². The molecule has 3 aromatic rings. The fourth-order valence-electron chi connectivity index (χ4n) is 2.40. The van der Waals surface area contributed by atoms with E-state index in [1.165, 1.54) is 30.0 Å². The second-order valence-corrected chi connectivity index (χ2v) is 7.50. The molecule has 0 aliphatic carbocycles. The smallest absolute Gasteiger partial charge is 0.348 e. The molecule has 128 valence electrons. The third-order valence-electron chi connectivity index (χ3n) is 3.71. The number of methoxy groups -OCH3 is 1. The van der Waals surface area contributed by atoms with Crippen LogP contribution in [0, 0.1) is 13.8 Å². The molecule has 0 fully saturated rings. The van der Waals surface area contributed by atoms with Crippen LogP contribution in [0.1, 0.15) is 29.8 Å². The number of hydrogen-bond acceptors (Lipinski definition) is 6. The van der Waals surface area contributed by atoms with Crippen molar-refractivity contribution in [2.45, 2.75) is 13.8 Å². The molecule has 7 heteroatoms. The molecule has 2 aromatic heterocycles. The van der Waals surface area contributed by atoms with Gasteiger partial charge in [0.15, 0.2) is 0 Å². The SMILES string of the molecule is COC(=O)c1cc(-c2ccc(NC(=O)c3sncc3C)cc2)c(C)s1. The first-order valence-corrected chi connectivity index (χ1v) is 9.10. The van der Waals surface area contributed by atoms with Crippen LogP contribution in [0.15, 0.2) is 36.5 Å². The molecule has 0 spiro atoms. The number of nitrogens with zero attached hydrogens (tertiary/aromatic N) is 1. The maximum Gasteiger partial charge on any atom is 0.348 e. The molecule has 0 saturated carbocycles. The molecule has 0 atom stereocenters. The Morgan fingerprint density at radius 2 is 1.88 bits per heavy atom. The Hall–Kier alpha value is -2.51. The number of aromatic nitrogens is 1. The number of anilines is 1. The van der Waals surface area contributed by atoms with Crippen molar-refractivity contribution >= 4 is 40.4 Å². The van der Waals surface area contributed by atoms with E-state index in [4.69, 9.17) is 4.74 Å². The Morgan fingerprint density at radius 1 is 1.16 bits per heavy atom. The summed E-state index contributed by atoms with van der Waals surface area (Å²) < 4.78 is 8.78. The molecule has 0 aliphatic heterocycles. The highest BCUT2D eigenvalue weighted by molar-refractivity contribution is 7.14. The van der Waals surface area contributed by atoms with Crippen LogP contribution in [-0.2, 0) is 4.74 Å². The summed E-state index contributed by atoms with van der Waals surface area (Å²) in [5, 5.41) is 2.87. The highest BCUT2D eigenvalue weighted by Gasteiger charge is 2.15. The zero-order valence-electron chi connectivity index (χ0n) is 14.0. The molecular formula is C18H16N2O3S2. The van der Waals surface area contributed by atoms with Gasteiger partial charge in [-0.3, -0.25) is 4.79 Å². The highest BCUT2D eigenvalue weighted by atomic mass is 32.1. The van der Waals surface area contributed by atoms with E-state index < -0.39 is 0 Å². The zero-order valence-corrected chi connectivity index (χ0v) is 15.6. The van der Waals surface area contributed by atoms with Crippen LogP contribution < -0.4 is 5.32 Å². The van der Waals surface area contributed by atoms with E-state index in [2.05, 4.69) is 9.69 Å². The van der Waals surface area contributed by atoms with Crippen LogP contribution in [0.5, 0.6) is 0 Å². The van der Waals surface area contributed by atoms with Gasteiger partial charge in [-0.2, -0.15) is 0 Å². The summed E-state index contributed by atoms with van der Waals surface area (Å²) in [5.74, 6) is -0.490. The number of carbonyl (C=O) groups excluding carboxylic acids is 2. The van der Waals surface area contributed by atoms with Crippen LogP contribution in [0.4, 0.5) is 5.69 Å². The van der Waals surface area contributed by atoms with Crippen LogP contribution in [0.2, 0.25) is 0 Å². The summed E-state index contributed by atoms with van der Waals surface area (Å²) in [6.07, 6.45) is 1.68. The molecule has 1 aromatic carbocycles. The normalized spacial score (nSPS) is 10.5. The number of rotatable bonds is 4. The number of benzene rings is 1. The van der Waals surface area contributed by atoms with Gasteiger partial charge < -0.3 is 10.1 Å². The van der Waals surface area contributed by atoms with Crippen LogP contribution in [-0.4, -0.2) is 23.4 Å². The summed E-state index contributed by atoms with van der Waals surface area (Å²) in [6.45, 7) is 3.83. The van der Waals surface area contributed by atoms with E-state index >= 15 is 0 Å². The molecule has 5 nitrogen and oxygen atoms in total. The maximum atomic E-state index is 12.2. The summed E-state index contributed by atoms with van der Waals surface area (Å²) >= 11 is 2.59. The number of hydrogen-bond donors (Lipinski definition) is 1. The van der Waals surface area contributed by atoms with Gasteiger partial charge in [-0.15, -0.1) is 11.3 Å². The Morgan fingerprint density at radius 3 is 2.48 bits per heavy atom. The van der Waals surface area contributed by atoms with Crippen molar-refractivity contribution in [2.75, 3.05) is 12.4 Å². The predicted octanol–water partition coefficient (Wildman–Crippen LogP) is 4.53. The van der Waals surface area contributed by atoms with Crippen molar-refractivity contribution in [3.8, 4) is 11.1 Å². The number of amides is 1. The van der Waals surface area contributed by atoms with Gasteiger partial charge in [-0.1, -0.05) is 12.1 Å². The topological polar surface area (TPSA) is 68.3 Å². The second-order valence-electron chi connectivity index (χ2n) is 5.44. The van der Waals surface area contributed by atoms with Gasteiger partial charge in [-0.25, -0.2) is 9.17 Å². The summed E-state index contributed by atoms with van der Waals surface area (Å²) in [4.78, 5) is 26.1. The number of aryl methyl sites for hydroxylation is 2. The number of ether oxygens (including phenoxy) is 1. The monoisotopic (exact) mass is 372 g/mol. The zero-order chi connectivity index (χ0) is 18.0. The minimum atomic E-state index is -0.330. The molecule has 0 unspecified atom stereocenters. The maximum absolute atomic E-state index is 12.2. The van der Waals surface area contributed by atoms with Gasteiger partial charge in [0.25, 0.3) is 5.91 Å². The van der Waals surface area contributed by atoms with Gasteiger partial charge in [0.05, 0.1) is 7.11 Å². The lowest BCUT2D eigenvalue weighted by molar-refractivity contribution is 0.0606. The van der Waals surface area contributed by atoms with Crippen molar-refractivity contribution < 1.29 is 14.3 Å². The number of carbonyl (C=O) groups is 2. The van der Waals surface area contributed by atoms with Gasteiger partial charge in [0.2, 0.25) is 0 Å². The third-order valence-corrected chi connectivity index (χ3v) is 5.64. The average molecular weight is 372 g/mol. The number of thiophene rings is 1. The average Bonchev–Trinajstić information content (AvgIpc) is 3.20. The molecule has 3 rings (SSSR count). The first-order valence-electron chi connectivity index (χ1n) is 7.51. The lowest BCUT2D eigenvalue weighted by atomic mass is 10.1. The lowest BCUT2D eigenvalue weighted by Gasteiger charge is -2.06. The Kier molecular flexibility index (Phi) is 4.96. The second kappa shape index (κ2) is 7.16. The van der Waals surface area contributed by atoms with E-state index in [1.54, 1.807) is 6.20 Å². The molecule has 25 heavy (non-hydrogen) atoms. The van der Waals surface area contributed by atoms with Crippen molar-refractivity contribution in [3.63, 3.8) is 0 Å². The third kappa shape index (κ3) is 3.62. The van der Waals surface area contributed by atoms with Crippen LogP contribution in [0.3, 0.4) is 0 Å². The Labute approximate surface area is 153 Å². The van der Waals surface area contributed by atoms with E-state index in [-0.39, 0.29) is 11.9 Å². The minimum Gasteiger partial charge on any atom is -0.465 e. The fourth-order valence-corrected chi connectivity index (χ4v) is 4.01. The molecule has 0 radical (unpaired) electrons. The molecule has 1 amide bonds. The standard InChI is InChI=1S/C18H16N2O3S2/c1-10-9-19-25-16(10)17(21)20-13-6-4-12(5-7-13)14-8-15(18(22)23-3)24-11(14)2/h4-9H,1-3H3,(H,20,21). The number of nitrogens with one attached hydrogen (secondary N) is 1. The fraction of sp³-hybridized carbons (Fsp3) is 0.167. The van der Waals surface area contributed by atoms with Crippen molar-refractivity contribution in [3.05, 3.63) is 56.7 Å². The Bertz CT molecular complexity index is 926. The molecule has 0 bridgehead atoms. The van der Waals surface area contributed by atoms with E-state index in [9.17, 15) is 9.59 Å². The van der Waals surface area contributed by atoms with Gasteiger partial charge in [0.1, 0.15) is 9.75 Å². The van der Waals surface area contributed by atoms with Crippen molar-refractivity contribution in [2.24, 2.45) is 0 Å². The quantitative estimate of drug-likeness (QED) is 0.683. The van der Waals surface area contributed by atoms with Gasteiger partial charge >= 0.3 is 5.97 Å². The summed E-state index contributed by atoms with van der Waals surface area (Å²) in [5.41, 5.74) is 3.54. The minimum absolute atomic E-state index is 0.160. The summed E-state index contributed by atoms with van der Waals surface area (Å²) in [6, 6.07) is 9.37. The largest absolute Gasteiger partial charge is 0.465 e. The molecule has 1 N–H and O–H groups in total. The van der Waals surface area contributed by atoms with Crippen LogP contribution >= 0.6 is 22.9 Å². The highest BCUT2D eigenvalue weighted by Crippen LogP contribution is 2.32. The first kappa shape index (κ1) is 17.3. The predicted molar refractivity (Wildman–Crippen MR) is 101 cm³/mol. The van der Waals surface area contributed by atoms with Gasteiger partial charge in [-0.05, 0) is 60.3 Å². The molecule has 2 heterocycles. The van der Waals surface area contributed by atoms with E-state index in [1.807, 2.05) is 44.2 Å². The van der Waals surface area contributed by atoms with Crippen molar-refractivity contribution in [1.82, 2.24) is 4.37 Å². The molecule has 0 aliphatic rings. The Balaban J connectivity index is 1.79.